The van der Waals surface area contributed by atoms with Crippen molar-refractivity contribution < 1.29 is 43.7 Å². The van der Waals surface area contributed by atoms with Crippen LogP contribution >= 0.6 is 11.8 Å². The zero-order chi connectivity index (χ0) is 21.6. The number of allylic oxidation sites excluding steroid dienone is 1. The number of carbonyl (C=O) groups is 5. The van der Waals surface area contributed by atoms with Gasteiger partial charge >= 0.3 is 17.8 Å². The Kier molecular flexibility index (Phi) is 4.70. The lowest BCUT2D eigenvalue weighted by atomic mass is 9.94. The summed E-state index contributed by atoms with van der Waals surface area (Å²) in [6.45, 7) is 0. The number of carbonyl (C=O) groups excluding carboxylic acids is 3. The number of imide groups is 1. The zero-order valence-electron chi connectivity index (χ0n) is 14.8. The SMILES string of the molecule is O=C(O)C(=O)NC1=C(C(=O)O)C2C=COC(Oc3cccc4c3C(=O)NC4=O)C2S1. The zero-order valence-corrected chi connectivity index (χ0v) is 15.6. The fourth-order valence-electron chi connectivity index (χ4n) is 3.30. The third-order valence-corrected chi connectivity index (χ3v) is 5.92. The van der Waals surface area contributed by atoms with E-state index in [2.05, 4.69) is 10.6 Å². The summed E-state index contributed by atoms with van der Waals surface area (Å²) >= 11 is 0.874. The quantitative estimate of drug-likeness (QED) is 0.377. The minimum absolute atomic E-state index is 0.0334. The van der Waals surface area contributed by atoms with Crippen LogP contribution in [0.15, 0.2) is 41.1 Å². The molecule has 3 aliphatic rings. The summed E-state index contributed by atoms with van der Waals surface area (Å²) in [6.07, 6.45) is 1.59. The van der Waals surface area contributed by atoms with Crippen molar-refractivity contribution in [3.63, 3.8) is 0 Å². The number of amides is 3. The summed E-state index contributed by atoms with van der Waals surface area (Å²) in [7, 11) is 0. The van der Waals surface area contributed by atoms with E-state index in [1.165, 1.54) is 30.5 Å². The second-order valence-electron chi connectivity index (χ2n) is 6.33. The average molecular weight is 432 g/mol. The predicted octanol–water partition coefficient (Wildman–Crippen LogP) is 0.0476. The van der Waals surface area contributed by atoms with E-state index in [1.807, 2.05) is 0 Å². The van der Waals surface area contributed by atoms with Crippen LogP contribution in [0.2, 0.25) is 0 Å². The van der Waals surface area contributed by atoms with Crippen LogP contribution in [0.25, 0.3) is 0 Å². The highest BCUT2D eigenvalue weighted by Crippen LogP contribution is 2.46. The molecule has 1 aromatic rings. The van der Waals surface area contributed by atoms with Crippen molar-refractivity contribution >= 4 is 41.4 Å². The molecule has 3 amide bonds. The molecular weight excluding hydrogens is 420 g/mol. The van der Waals surface area contributed by atoms with E-state index in [0.29, 0.717) is 0 Å². The lowest BCUT2D eigenvalue weighted by Crippen LogP contribution is -2.38. The Hall–Kier alpha value is -3.80. The van der Waals surface area contributed by atoms with Gasteiger partial charge in [0.2, 0.25) is 0 Å². The van der Waals surface area contributed by atoms with Crippen LogP contribution in [0.5, 0.6) is 5.75 Å². The summed E-state index contributed by atoms with van der Waals surface area (Å²) in [6, 6.07) is 4.44. The number of hydrogen-bond acceptors (Lipinski definition) is 8. The van der Waals surface area contributed by atoms with Crippen molar-refractivity contribution in [3.05, 3.63) is 52.3 Å². The molecular formula is C18H12N2O9S. The smallest absolute Gasteiger partial charge is 0.394 e. The molecule has 12 heteroatoms. The van der Waals surface area contributed by atoms with Crippen molar-refractivity contribution in [3.8, 4) is 5.75 Å². The standard InChI is InChI=1S/C18H12N2O9S/c21-12-7-2-1-3-8(9(7)13(22)19-12)29-18-11-6(4-5-28-18)10(16(24)25)15(30-11)20-14(23)17(26)27/h1-6,11,18H,(H,20,23)(H,24,25)(H,26,27)(H,19,21,22). The topological polar surface area (TPSA) is 168 Å². The number of thioether (sulfide) groups is 1. The predicted molar refractivity (Wildman–Crippen MR) is 98.2 cm³/mol. The van der Waals surface area contributed by atoms with Gasteiger partial charge in [-0.2, -0.15) is 0 Å². The number of fused-ring (bicyclic) bond motifs is 2. The highest BCUT2D eigenvalue weighted by Gasteiger charge is 2.47. The Morgan fingerprint density at radius 2 is 1.93 bits per heavy atom. The fraction of sp³-hybridized carbons (Fsp3) is 0.167. The van der Waals surface area contributed by atoms with Gasteiger partial charge in [0, 0.05) is 5.92 Å². The first kappa shape index (κ1) is 19.5. The molecule has 0 aromatic heterocycles. The Balaban J connectivity index is 1.63. The minimum atomic E-state index is -1.77. The molecule has 4 rings (SSSR count). The molecule has 0 radical (unpaired) electrons. The van der Waals surface area contributed by atoms with Gasteiger partial charge in [-0.05, 0) is 18.2 Å². The number of carboxylic acids is 2. The third kappa shape index (κ3) is 3.16. The number of hydrogen-bond donors (Lipinski definition) is 4. The molecule has 0 fully saturated rings. The summed E-state index contributed by atoms with van der Waals surface area (Å²) in [4.78, 5) is 58.0. The van der Waals surface area contributed by atoms with Gasteiger partial charge in [-0.25, -0.2) is 9.59 Å². The molecule has 3 aliphatic heterocycles. The van der Waals surface area contributed by atoms with Crippen LogP contribution in [0.4, 0.5) is 0 Å². The summed E-state index contributed by atoms with van der Waals surface area (Å²) in [5.74, 6) is -6.38. The summed E-state index contributed by atoms with van der Waals surface area (Å²) in [5.41, 5.74) is -0.0387. The molecule has 3 heterocycles. The largest absolute Gasteiger partial charge is 0.478 e. The molecule has 0 spiro atoms. The number of carboxylic acid groups (broad SMARTS) is 2. The number of nitrogens with one attached hydrogen (secondary N) is 2. The van der Waals surface area contributed by atoms with Crippen LogP contribution in [0.1, 0.15) is 20.7 Å². The van der Waals surface area contributed by atoms with E-state index in [-0.39, 0.29) is 27.5 Å². The molecule has 11 nitrogen and oxygen atoms in total. The van der Waals surface area contributed by atoms with Gasteiger partial charge in [0.05, 0.1) is 33.2 Å². The van der Waals surface area contributed by atoms with Crippen molar-refractivity contribution in [1.82, 2.24) is 10.6 Å². The molecule has 0 saturated carbocycles. The van der Waals surface area contributed by atoms with E-state index in [9.17, 15) is 29.1 Å². The normalized spacial score (nSPS) is 23.9. The molecule has 3 atom stereocenters. The first-order valence-electron chi connectivity index (χ1n) is 8.43. The Morgan fingerprint density at radius 3 is 2.63 bits per heavy atom. The van der Waals surface area contributed by atoms with Crippen molar-refractivity contribution in [2.75, 3.05) is 0 Å². The number of rotatable bonds is 4. The number of ether oxygens (including phenoxy) is 2. The highest BCUT2D eigenvalue weighted by molar-refractivity contribution is 8.04. The van der Waals surface area contributed by atoms with Crippen molar-refractivity contribution in [1.29, 1.82) is 0 Å². The van der Waals surface area contributed by atoms with Gasteiger partial charge in [-0.15, -0.1) is 0 Å². The summed E-state index contributed by atoms with van der Waals surface area (Å²) < 4.78 is 11.3. The van der Waals surface area contributed by atoms with Crippen molar-refractivity contribution in [2.24, 2.45) is 5.92 Å². The fourth-order valence-corrected chi connectivity index (χ4v) is 4.68. The lowest BCUT2D eigenvalue weighted by Gasteiger charge is -2.30. The van der Waals surface area contributed by atoms with Gasteiger partial charge in [0.1, 0.15) is 5.75 Å². The molecule has 3 unspecified atom stereocenters. The first-order chi connectivity index (χ1) is 14.3. The third-order valence-electron chi connectivity index (χ3n) is 4.57. The molecule has 4 N–H and O–H groups in total. The van der Waals surface area contributed by atoms with Crippen LogP contribution in [0, 0.1) is 5.92 Å². The highest BCUT2D eigenvalue weighted by atomic mass is 32.2. The Labute approximate surface area is 171 Å². The van der Waals surface area contributed by atoms with E-state index in [0.717, 1.165) is 11.8 Å². The minimum Gasteiger partial charge on any atom is -0.478 e. The second kappa shape index (κ2) is 7.22. The first-order valence-corrected chi connectivity index (χ1v) is 9.31. The molecule has 154 valence electrons. The number of aliphatic carboxylic acids is 2. The maximum absolute atomic E-state index is 12.1. The second-order valence-corrected chi connectivity index (χ2v) is 7.52. The van der Waals surface area contributed by atoms with Gasteiger partial charge in [0.15, 0.2) is 0 Å². The van der Waals surface area contributed by atoms with Crippen LogP contribution < -0.4 is 15.4 Å². The monoisotopic (exact) mass is 432 g/mol. The Morgan fingerprint density at radius 1 is 1.17 bits per heavy atom. The van der Waals surface area contributed by atoms with Gasteiger partial charge in [0.25, 0.3) is 18.1 Å². The Bertz CT molecular complexity index is 1080. The van der Waals surface area contributed by atoms with Gasteiger partial charge in [-0.3, -0.25) is 19.7 Å². The van der Waals surface area contributed by atoms with Crippen LogP contribution in [0.3, 0.4) is 0 Å². The lowest BCUT2D eigenvalue weighted by molar-refractivity contribution is -0.149. The average Bonchev–Trinajstić information content (AvgIpc) is 3.20. The molecule has 0 bridgehead atoms. The molecule has 0 aliphatic carbocycles. The van der Waals surface area contributed by atoms with E-state index in [1.54, 1.807) is 0 Å². The van der Waals surface area contributed by atoms with E-state index < -0.39 is 47.1 Å². The number of benzene rings is 1. The summed E-state index contributed by atoms with van der Waals surface area (Å²) in [5, 5.41) is 21.7. The molecule has 0 saturated heterocycles. The molecule has 30 heavy (non-hydrogen) atoms. The van der Waals surface area contributed by atoms with E-state index in [4.69, 9.17) is 14.6 Å². The van der Waals surface area contributed by atoms with E-state index >= 15 is 0 Å². The molecule has 1 aromatic carbocycles. The maximum atomic E-state index is 12.1. The van der Waals surface area contributed by atoms with Crippen LogP contribution in [-0.4, -0.2) is 51.4 Å². The van der Waals surface area contributed by atoms with Crippen molar-refractivity contribution in [2.45, 2.75) is 11.5 Å². The maximum Gasteiger partial charge on any atom is 0.394 e. The van der Waals surface area contributed by atoms with Gasteiger partial charge < -0.3 is 25.0 Å². The van der Waals surface area contributed by atoms with Gasteiger partial charge in [-0.1, -0.05) is 17.8 Å². The van der Waals surface area contributed by atoms with Crippen LogP contribution in [-0.2, 0) is 19.1 Å².